The first-order valence-corrected chi connectivity index (χ1v) is 18.4. The fourth-order valence-electron chi connectivity index (χ4n) is 6.26. The van der Waals surface area contributed by atoms with Gasteiger partial charge in [0.2, 0.25) is 5.91 Å². The number of nitrogens with one attached hydrogen (secondary N) is 1. The Hall–Kier alpha value is -1.51. The van der Waals surface area contributed by atoms with Gasteiger partial charge >= 0.3 is 6.03 Å². The van der Waals surface area contributed by atoms with Crippen molar-refractivity contribution < 1.29 is 22.8 Å². The highest BCUT2D eigenvalue weighted by Gasteiger charge is 2.60. The zero-order valence-electron chi connectivity index (χ0n) is 26.3. The zero-order chi connectivity index (χ0) is 30.8. The number of hydrogen-bond donors (Lipinski definition) is 1. The van der Waals surface area contributed by atoms with E-state index in [9.17, 15) is 18.4 Å². The summed E-state index contributed by atoms with van der Waals surface area (Å²) in [5, 5.41) is 3.83. The van der Waals surface area contributed by atoms with E-state index in [4.69, 9.17) is 16.0 Å². The number of imide groups is 1. The Morgan fingerprint density at radius 2 is 1.71 bits per heavy atom. The molecule has 1 saturated heterocycles. The molecule has 1 unspecified atom stereocenters. The number of urea groups is 1. The molecule has 0 bridgehead atoms. The number of carbonyl (C=O) groups is 2. The van der Waals surface area contributed by atoms with Crippen molar-refractivity contribution >= 4 is 31.9 Å². The van der Waals surface area contributed by atoms with Gasteiger partial charge in [-0.25, -0.2) is 13.6 Å². The molecule has 3 amide bonds. The van der Waals surface area contributed by atoms with E-state index in [1.165, 1.54) is 0 Å². The molecule has 41 heavy (non-hydrogen) atoms. The van der Waals surface area contributed by atoms with Gasteiger partial charge in [0.15, 0.2) is 8.32 Å². The van der Waals surface area contributed by atoms with Crippen LogP contribution in [0.25, 0.3) is 0 Å². The quantitative estimate of drug-likeness (QED) is 0.300. The number of rotatable bonds is 8. The van der Waals surface area contributed by atoms with Crippen LogP contribution in [0.5, 0.6) is 0 Å². The first-order chi connectivity index (χ1) is 18.6. The minimum atomic E-state index is -2.83. The highest BCUT2D eigenvalue weighted by molar-refractivity contribution is 6.74. The third-order valence-electron chi connectivity index (χ3n) is 10.2. The van der Waals surface area contributed by atoms with Crippen molar-refractivity contribution in [1.29, 1.82) is 0 Å². The molecule has 0 radical (unpaired) electrons. The highest BCUT2D eigenvalue weighted by Crippen LogP contribution is 2.51. The van der Waals surface area contributed by atoms with Gasteiger partial charge in [-0.2, -0.15) is 0 Å². The van der Waals surface area contributed by atoms with E-state index in [0.29, 0.717) is 17.5 Å². The van der Waals surface area contributed by atoms with Gasteiger partial charge in [0.1, 0.15) is 0 Å². The molecule has 2 saturated carbocycles. The lowest BCUT2D eigenvalue weighted by molar-refractivity contribution is -0.161. The molecule has 0 aromatic heterocycles. The zero-order valence-corrected chi connectivity index (χ0v) is 28.1. The van der Waals surface area contributed by atoms with E-state index in [-0.39, 0.29) is 22.3 Å². The standard InChI is InChI=1S/C32H49ClF2N2O3Si/c1-29(2,3)13-12-21-10-11-23(16-25(21)33)31(7)26(22-14-20(15-22)19-40-41(8,9)30(4,5)6)27(38)37(28(39)36-31)24-17-32(34,35)18-24/h10-11,16,20,22,24,26H,12-15,17-19H2,1-9H3,(H,36,39)/t20?,22?,26?,31-/m0/s1. The molecule has 3 aliphatic rings. The smallest absolute Gasteiger partial charge is 0.325 e. The number of hydrogen-bond acceptors (Lipinski definition) is 3. The summed E-state index contributed by atoms with van der Waals surface area (Å²) in [5.74, 6) is -3.42. The van der Waals surface area contributed by atoms with E-state index >= 15 is 0 Å². The summed E-state index contributed by atoms with van der Waals surface area (Å²) in [6, 6.07) is 4.47. The maximum absolute atomic E-state index is 14.1. The van der Waals surface area contributed by atoms with Gasteiger partial charge in [0.05, 0.1) is 17.5 Å². The monoisotopic (exact) mass is 610 g/mol. The van der Waals surface area contributed by atoms with E-state index in [2.05, 4.69) is 60.0 Å². The fraction of sp³-hybridized carbons (Fsp3) is 0.750. The molecule has 1 aromatic rings. The molecule has 4 rings (SSSR count). The second kappa shape index (κ2) is 10.9. The van der Waals surface area contributed by atoms with Gasteiger partial charge in [-0.05, 0) is 85.2 Å². The van der Waals surface area contributed by atoms with Gasteiger partial charge in [-0.1, -0.05) is 65.3 Å². The van der Waals surface area contributed by atoms with Crippen LogP contribution in [0.4, 0.5) is 13.6 Å². The maximum Gasteiger partial charge on any atom is 0.325 e. The number of halogens is 3. The predicted molar refractivity (Wildman–Crippen MR) is 163 cm³/mol. The van der Waals surface area contributed by atoms with Crippen LogP contribution < -0.4 is 5.32 Å². The molecule has 0 spiro atoms. The minimum Gasteiger partial charge on any atom is -0.417 e. The minimum absolute atomic E-state index is 0.00328. The topological polar surface area (TPSA) is 58.6 Å². The van der Waals surface area contributed by atoms with E-state index in [0.717, 1.165) is 41.7 Å². The molecule has 9 heteroatoms. The normalized spacial score (nSPS) is 29.2. The average Bonchev–Trinajstić information content (AvgIpc) is 2.76. The molecule has 1 aromatic carbocycles. The van der Waals surface area contributed by atoms with Gasteiger partial charge in [0, 0.05) is 24.5 Å². The van der Waals surface area contributed by atoms with Crippen molar-refractivity contribution in [3.8, 4) is 0 Å². The van der Waals surface area contributed by atoms with Gasteiger partial charge in [0.25, 0.3) is 5.92 Å². The highest BCUT2D eigenvalue weighted by atomic mass is 35.5. The van der Waals surface area contributed by atoms with Crippen LogP contribution in [0.1, 0.15) is 91.7 Å². The first-order valence-electron chi connectivity index (χ1n) is 15.1. The molecular weight excluding hydrogens is 562 g/mol. The molecule has 2 aliphatic carbocycles. The van der Waals surface area contributed by atoms with Gasteiger partial charge in [-0.3, -0.25) is 9.69 Å². The second-order valence-electron chi connectivity index (χ2n) is 15.8. The van der Waals surface area contributed by atoms with E-state index in [1.54, 1.807) is 0 Å². The van der Waals surface area contributed by atoms with E-state index in [1.807, 2.05) is 25.1 Å². The van der Waals surface area contributed by atoms with Crippen LogP contribution in [0, 0.1) is 23.2 Å². The number of nitrogens with zero attached hydrogens (tertiary/aromatic N) is 1. The van der Waals surface area contributed by atoms with Crippen LogP contribution in [0.2, 0.25) is 23.2 Å². The molecule has 3 fully saturated rings. The van der Waals surface area contributed by atoms with Crippen molar-refractivity contribution in [1.82, 2.24) is 10.2 Å². The van der Waals surface area contributed by atoms with Crippen LogP contribution in [-0.2, 0) is 21.2 Å². The fourth-order valence-corrected chi connectivity index (χ4v) is 7.62. The maximum atomic E-state index is 14.1. The van der Waals surface area contributed by atoms with Crippen molar-refractivity contribution in [2.24, 2.45) is 23.2 Å². The second-order valence-corrected chi connectivity index (χ2v) is 21.0. The SMILES string of the molecule is CC(C)(C)CCc1ccc([C@]2(C)NC(=O)N(C3CC(F)(F)C3)C(=O)C2C2CC(CO[Si](C)(C)C(C)(C)C)C2)cc1Cl. The van der Waals surface area contributed by atoms with Crippen LogP contribution in [0.15, 0.2) is 18.2 Å². The number of alkyl halides is 2. The molecule has 1 N–H and O–H groups in total. The number of amides is 3. The van der Waals surface area contributed by atoms with Crippen molar-refractivity contribution in [2.45, 2.75) is 123 Å². The molecule has 2 atom stereocenters. The van der Waals surface area contributed by atoms with Crippen molar-refractivity contribution in [3.05, 3.63) is 34.3 Å². The Labute approximate surface area is 251 Å². The first kappa shape index (κ1) is 32.4. The number of carbonyl (C=O) groups excluding carboxylic acids is 2. The summed E-state index contributed by atoms with van der Waals surface area (Å²) >= 11 is 6.77. The molecule has 5 nitrogen and oxygen atoms in total. The number of aryl methyl sites for hydroxylation is 1. The third-order valence-corrected chi connectivity index (χ3v) is 15.0. The van der Waals surface area contributed by atoms with Crippen LogP contribution >= 0.6 is 11.6 Å². The summed E-state index contributed by atoms with van der Waals surface area (Å²) in [6.07, 6.45) is 2.44. The van der Waals surface area contributed by atoms with E-state index < -0.39 is 50.6 Å². The molecule has 1 aliphatic heterocycles. The van der Waals surface area contributed by atoms with Gasteiger partial charge < -0.3 is 9.74 Å². The van der Waals surface area contributed by atoms with Crippen molar-refractivity contribution in [3.63, 3.8) is 0 Å². The molecular formula is C32H49ClF2N2O3Si. The van der Waals surface area contributed by atoms with Gasteiger partial charge in [-0.15, -0.1) is 0 Å². The summed E-state index contributed by atoms with van der Waals surface area (Å²) in [4.78, 5) is 28.5. The largest absolute Gasteiger partial charge is 0.417 e. The predicted octanol–water partition coefficient (Wildman–Crippen LogP) is 8.55. The lowest BCUT2D eigenvalue weighted by Crippen LogP contribution is -2.70. The summed E-state index contributed by atoms with van der Waals surface area (Å²) in [7, 11) is -1.90. The summed E-state index contributed by atoms with van der Waals surface area (Å²) in [5.41, 5.74) is 0.968. The Kier molecular flexibility index (Phi) is 8.60. The Morgan fingerprint density at radius 3 is 2.22 bits per heavy atom. The lowest BCUT2D eigenvalue weighted by atomic mass is 9.60. The molecule has 1 heterocycles. The van der Waals surface area contributed by atoms with Crippen LogP contribution in [0.3, 0.4) is 0 Å². The average molecular weight is 611 g/mol. The lowest BCUT2D eigenvalue weighted by Gasteiger charge is -2.54. The summed E-state index contributed by atoms with van der Waals surface area (Å²) in [6.45, 7) is 20.2. The Balaban J connectivity index is 1.58. The Bertz CT molecular complexity index is 1160. The Morgan fingerprint density at radius 1 is 1.10 bits per heavy atom. The third kappa shape index (κ3) is 6.69. The number of benzene rings is 1. The molecule has 230 valence electrons. The summed E-state index contributed by atoms with van der Waals surface area (Å²) < 4.78 is 34.0. The van der Waals surface area contributed by atoms with Crippen molar-refractivity contribution in [2.75, 3.05) is 6.61 Å². The van der Waals surface area contributed by atoms with Crippen LogP contribution in [-0.4, -0.2) is 43.7 Å².